The number of halogens is 1. The van der Waals surface area contributed by atoms with Crippen LogP contribution < -0.4 is 0 Å². The average Bonchev–Trinajstić information content (AvgIpc) is 2.70. The van der Waals surface area contributed by atoms with Gasteiger partial charge in [-0.3, -0.25) is 0 Å². The minimum atomic E-state index is -0.232. The van der Waals surface area contributed by atoms with Crippen molar-refractivity contribution >= 4 is 0 Å². The van der Waals surface area contributed by atoms with Gasteiger partial charge in [0.15, 0.2) is 0 Å². The van der Waals surface area contributed by atoms with Crippen LogP contribution in [-0.4, -0.2) is 11.7 Å². The van der Waals surface area contributed by atoms with Crippen molar-refractivity contribution in [1.29, 1.82) is 0 Å². The zero-order valence-electron chi connectivity index (χ0n) is 16.6. The third-order valence-electron chi connectivity index (χ3n) is 6.23. The van der Waals surface area contributed by atoms with Gasteiger partial charge in [-0.15, -0.1) is 0 Å². The molecule has 2 heteroatoms. The molecule has 27 heavy (non-hydrogen) atoms. The van der Waals surface area contributed by atoms with Gasteiger partial charge in [0, 0.05) is 6.61 Å². The zero-order valence-corrected chi connectivity index (χ0v) is 16.6. The molecule has 1 N–H and O–H groups in total. The molecular weight excluding hydrogens is 335 g/mol. The van der Waals surface area contributed by atoms with E-state index in [1.54, 1.807) is 12.1 Å². The maximum Gasteiger partial charge on any atom is 0.127 e. The van der Waals surface area contributed by atoms with Crippen LogP contribution in [0.4, 0.5) is 4.39 Å². The van der Waals surface area contributed by atoms with Crippen molar-refractivity contribution in [3.8, 4) is 11.1 Å². The van der Waals surface area contributed by atoms with Crippen LogP contribution in [0.3, 0.4) is 0 Å². The van der Waals surface area contributed by atoms with E-state index in [1.165, 1.54) is 50.5 Å². The van der Waals surface area contributed by atoms with Gasteiger partial charge >= 0.3 is 0 Å². The second kappa shape index (κ2) is 10.0. The fourth-order valence-corrected chi connectivity index (χ4v) is 4.50. The number of hydrogen-bond donors (Lipinski definition) is 1. The van der Waals surface area contributed by atoms with E-state index in [1.807, 2.05) is 6.07 Å². The van der Waals surface area contributed by atoms with E-state index in [0.717, 1.165) is 29.4 Å². The summed E-state index contributed by atoms with van der Waals surface area (Å²) >= 11 is 0. The van der Waals surface area contributed by atoms with Crippen molar-refractivity contribution in [2.75, 3.05) is 6.61 Å². The Morgan fingerprint density at radius 2 is 1.48 bits per heavy atom. The Morgan fingerprint density at radius 3 is 2.07 bits per heavy atom. The topological polar surface area (TPSA) is 20.2 Å². The first-order chi connectivity index (χ1) is 13.2. The van der Waals surface area contributed by atoms with Crippen molar-refractivity contribution in [2.45, 2.75) is 64.7 Å². The predicted octanol–water partition coefficient (Wildman–Crippen LogP) is 6.57. The maximum absolute atomic E-state index is 14.1. The van der Waals surface area contributed by atoms with Crippen LogP contribution in [0, 0.1) is 17.7 Å². The molecule has 0 atom stereocenters. The molecule has 1 nitrogen and oxygen atoms in total. The first kappa shape index (κ1) is 20.1. The van der Waals surface area contributed by atoms with E-state index in [4.69, 9.17) is 5.11 Å². The number of hydrogen-bond acceptors (Lipinski definition) is 1. The second-order valence-electron chi connectivity index (χ2n) is 8.19. The molecular formula is C25H33FO. The molecule has 1 fully saturated rings. The van der Waals surface area contributed by atoms with Gasteiger partial charge in [0.1, 0.15) is 5.82 Å². The molecule has 1 aliphatic carbocycles. The minimum absolute atomic E-state index is 0.0226. The van der Waals surface area contributed by atoms with E-state index >= 15 is 0 Å². The molecule has 1 aliphatic rings. The van der Waals surface area contributed by atoms with Crippen LogP contribution in [-0.2, 0) is 12.8 Å². The van der Waals surface area contributed by atoms with E-state index in [0.29, 0.717) is 12.0 Å². The summed E-state index contributed by atoms with van der Waals surface area (Å²) in [5.74, 6) is 1.64. The third kappa shape index (κ3) is 5.65. The molecule has 0 saturated heterocycles. The average molecular weight is 369 g/mol. The number of aliphatic hydroxyl groups is 1. The number of rotatable bonds is 8. The van der Waals surface area contributed by atoms with Gasteiger partial charge in [0.05, 0.1) is 0 Å². The lowest BCUT2D eigenvalue weighted by Crippen LogP contribution is -2.15. The summed E-state index contributed by atoms with van der Waals surface area (Å²) in [5.41, 5.74) is 3.90. The lowest BCUT2D eigenvalue weighted by Gasteiger charge is -2.28. The van der Waals surface area contributed by atoms with Crippen LogP contribution in [0.2, 0.25) is 0 Å². The highest BCUT2D eigenvalue weighted by Crippen LogP contribution is 2.34. The van der Waals surface area contributed by atoms with Crippen molar-refractivity contribution in [2.24, 2.45) is 11.8 Å². The summed E-state index contributed by atoms with van der Waals surface area (Å²) in [5, 5.41) is 8.98. The van der Waals surface area contributed by atoms with Crippen LogP contribution in [0.25, 0.3) is 11.1 Å². The predicted molar refractivity (Wildman–Crippen MR) is 111 cm³/mol. The summed E-state index contributed by atoms with van der Waals surface area (Å²) in [4.78, 5) is 0. The molecule has 0 heterocycles. The monoisotopic (exact) mass is 368 g/mol. The Balaban J connectivity index is 1.53. The van der Waals surface area contributed by atoms with E-state index < -0.39 is 0 Å². The van der Waals surface area contributed by atoms with Gasteiger partial charge in [-0.25, -0.2) is 4.39 Å². The first-order valence-electron chi connectivity index (χ1n) is 10.7. The standard InChI is InChI=1S/C25H33FO/c1-2-3-19-4-6-20(7-5-19)8-9-21-10-12-22(13-11-21)24-15-14-23(16-17-27)25(26)18-24/h10-15,18-20,27H,2-9,16-17H2,1H3. The summed E-state index contributed by atoms with van der Waals surface area (Å²) in [6, 6.07) is 13.9. The molecule has 1 saturated carbocycles. The van der Waals surface area contributed by atoms with E-state index in [2.05, 4.69) is 31.2 Å². The molecule has 0 amide bonds. The van der Waals surface area contributed by atoms with Gasteiger partial charge in [-0.2, -0.15) is 0 Å². The fraction of sp³-hybridized carbons (Fsp3) is 0.520. The number of aryl methyl sites for hydroxylation is 1. The van der Waals surface area contributed by atoms with Crippen LogP contribution in [0.5, 0.6) is 0 Å². The lowest BCUT2D eigenvalue weighted by molar-refractivity contribution is 0.252. The fourth-order valence-electron chi connectivity index (χ4n) is 4.50. The quantitative estimate of drug-likeness (QED) is 0.559. The Bertz CT molecular complexity index is 699. The van der Waals surface area contributed by atoms with E-state index in [-0.39, 0.29) is 12.4 Å². The minimum Gasteiger partial charge on any atom is -0.396 e. The summed E-state index contributed by atoms with van der Waals surface area (Å²) in [6.07, 6.45) is 11.2. The third-order valence-corrected chi connectivity index (χ3v) is 6.23. The smallest absolute Gasteiger partial charge is 0.127 e. The highest BCUT2D eigenvalue weighted by atomic mass is 19.1. The number of aliphatic hydroxyl groups excluding tert-OH is 1. The molecule has 0 aromatic heterocycles. The molecule has 0 unspecified atom stereocenters. The van der Waals surface area contributed by atoms with Crippen LogP contribution in [0.1, 0.15) is 63.0 Å². The second-order valence-corrected chi connectivity index (χ2v) is 8.19. The molecule has 0 spiro atoms. The molecule has 0 bridgehead atoms. The summed E-state index contributed by atoms with van der Waals surface area (Å²) in [6.45, 7) is 2.28. The Hall–Kier alpha value is -1.67. The molecule has 2 aromatic rings. The zero-order chi connectivity index (χ0) is 19.1. The Morgan fingerprint density at radius 1 is 0.852 bits per heavy atom. The number of benzene rings is 2. The van der Waals surface area contributed by atoms with Crippen molar-refractivity contribution in [3.05, 3.63) is 59.4 Å². The first-order valence-corrected chi connectivity index (χ1v) is 10.7. The van der Waals surface area contributed by atoms with Gasteiger partial charge in [-0.1, -0.05) is 81.8 Å². The maximum atomic E-state index is 14.1. The highest BCUT2D eigenvalue weighted by Gasteiger charge is 2.20. The summed E-state index contributed by atoms with van der Waals surface area (Å²) in [7, 11) is 0. The lowest BCUT2D eigenvalue weighted by atomic mass is 9.78. The van der Waals surface area contributed by atoms with Crippen molar-refractivity contribution in [3.63, 3.8) is 0 Å². The highest BCUT2D eigenvalue weighted by molar-refractivity contribution is 5.64. The summed E-state index contributed by atoms with van der Waals surface area (Å²) < 4.78 is 14.1. The molecule has 0 aliphatic heterocycles. The normalized spacial score (nSPS) is 20.0. The van der Waals surface area contributed by atoms with Gasteiger partial charge < -0.3 is 5.11 Å². The van der Waals surface area contributed by atoms with Gasteiger partial charge in [0.25, 0.3) is 0 Å². The van der Waals surface area contributed by atoms with Gasteiger partial charge in [0.2, 0.25) is 0 Å². The van der Waals surface area contributed by atoms with Gasteiger partial charge in [-0.05, 0) is 59.4 Å². The molecule has 0 radical (unpaired) electrons. The Kier molecular flexibility index (Phi) is 7.46. The van der Waals surface area contributed by atoms with E-state index in [9.17, 15) is 4.39 Å². The largest absolute Gasteiger partial charge is 0.396 e. The SMILES string of the molecule is CCCC1CCC(CCc2ccc(-c3ccc(CCO)c(F)c3)cc2)CC1. The van der Waals surface area contributed by atoms with Crippen molar-refractivity contribution in [1.82, 2.24) is 0 Å². The van der Waals surface area contributed by atoms with Crippen LogP contribution in [0.15, 0.2) is 42.5 Å². The molecule has 3 rings (SSSR count). The van der Waals surface area contributed by atoms with Crippen molar-refractivity contribution < 1.29 is 9.50 Å². The Labute approximate surface area is 163 Å². The molecule has 146 valence electrons. The molecule has 2 aromatic carbocycles. The van der Waals surface area contributed by atoms with Crippen LogP contribution >= 0.6 is 0 Å².